The van der Waals surface area contributed by atoms with Crippen LogP contribution in [0.15, 0.2) is 33.8 Å². The van der Waals surface area contributed by atoms with E-state index in [0.29, 0.717) is 11.0 Å². The van der Waals surface area contributed by atoms with E-state index in [-0.39, 0.29) is 5.91 Å². The van der Waals surface area contributed by atoms with Gasteiger partial charge in [0.2, 0.25) is 0 Å². The Morgan fingerprint density at radius 2 is 1.86 bits per heavy atom. The van der Waals surface area contributed by atoms with Crippen LogP contribution in [0.2, 0.25) is 0 Å². The second-order valence-corrected chi connectivity index (χ2v) is 7.59. The zero-order chi connectivity index (χ0) is 15.5. The van der Waals surface area contributed by atoms with Crippen molar-refractivity contribution in [1.82, 2.24) is 5.43 Å². The molecule has 1 N–H and O–H groups in total. The molecule has 1 amide bonds. The second kappa shape index (κ2) is 6.73. The molecule has 0 saturated heterocycles. The Balaban J connectivity index is 1.92. The van der Waals surface area contributed by atoms with Gasteiger partial charge < -0.3 is 0 Å². The van der Waals surface area contributed by atoms with Gasteiger partial charge in [0.25, 0.3) is 5.91 Å². The molecule has 1 fully saturated rings. The number of nitrogens with one attached hydrogen (secondary N) is 1. The largest absolute Gasteiger partial charge is 0.272 e. The lowest BCUT2D eigenvalue weighted by atomic mass is 9.72. The minimum absolute atomic E-state index is 0.159. The van der Waals surface area contributed by atoms with Crippen molar-refractivity contribution in [2.24, 2.45) is 16.4 Å². The predicted molar refractivity (Wildman–Crippen MR) is 90.5 cm³/mol. The van der Waals surface area contributed by atoms with Crippen molar-refractivity contribution >= 4 is 27.5 Å². The summed E-state index contributed by atoms with van der Waals surface area (Å²) in [5.41, 5.74) is 4.77. The smallest absolute Gasteiger partial charge is 0.267 e. The first-order valence-electron chi connectivity index (χ1n) is 7.48. The number of benzene rings is 1. The summed E-state index contributed by atoms with van der Waals surface area (Å²) in [5.74, 6) is 0.586. The Morgan fingerprint density at radius 3 is 2.43 bits per heavy atom. The van der Waals surface area contributed by atoms with Gasteiger partial charge in [-0.3, -0.25) is 4.79 Å². The van der Waals surface area contributed by atoms with Crippen molar-refractivity contribution in [3.05, 3.63) is 34.3 Å². The molecule has 3 nitrogen and oxygen atoms in total. The van der Waals surface area contributed by atoms with E-state index in [1.807, 2.05) is 18.2 Å². The molecule has 0 bridgehead atoms. The molecule has 114 valence electrons. The highest BCUT2D eigenvalue weighted by atomic mass is 79.9. The average Bonchev–Trinajstić information content (AvgIpc) is 2.45. The van der Waals surface area contributed by atoms with Crippen LogP contribution in [0.1, 0.15) is 56.8 Å². The first kappa shape index (κ1) is 16.2. The number of hydrazone groups is 1. The lowest BCUT2D eigenvalue weighted by molar-refractivity contribution is 0.0953. The molecule has 0 radical (unpaired) electrons. The normalized spacial score (nSPS) is 19.2. The SMILES string of the molecule is CC(C)(C)C1CCC(=NNC(=O)c2ccccc2Br)CC1. The molecule has 21 heavy (non-hydrogen) atoms. The summed E-state index contributed by atoms with van der Waals surface area (Å²) in [6.07, 6.45) is 4.29. The average molecular weight is 351 g/mol. The molecular weight excluding hydrogens is 328 g/mol. The molecule has 2 rings (SSSR count). The van der Waals surface area contributed by atoms with Gasteiger partial charge in [0.05, 0.1) is 5.56 Å². The molecule has 1 aromatic rings. The number of carbonyl (C=O) groups is 1. The molecule has 1 aromatic carbocycles. The van der Waals surface area contributed by atoms with Crippen molar-refractivity contribution in [3.63, 3.8) is 0 Å². The van der Waals surface area contributed by atoms with E-state index in [0.717, 1.165) is 41.8 Å². The molecule has 0 spiro atoms. The number of hydrogen-bond donors (Lipinski definition) is 1. The topological polar surface area (TPSA) is 41.5 Å². The van der Waals surface area contributed by atoms with Gasteiger partial charge in [0.1, 0.15) is 0 Å². The fourth-order valence-corrected chi connectivity index (χ4v) is 3.23. The van der Waals surface area contributed by atoms with E-state index in [4.69, 9.17) is 0 Å². The van der Waals surface area contributed by atoms with Crippen LogP contribution >= 0.6 is 15.9 Å². The third-order valence-corrected chi connectivity index (χ3v) is 4.91. The van der Waals surface area contributed by atoms with Gasteiger partial charge in [-0.05, 0) is 65.1 Å². The van der Waals surface area contributed by atoms with E-state index in [1.165, 1.54) is 0 Å². The maximum absolute atomic E-state index is 12.1. The van der Waals surface area contributed by atoms with Crippen LogP contribution < -0.4 is 5.43 Å². The highest BCUT2D eigenvalue weighted by Crippen LogP contribution is 2.36. The first-order chi connectivity index (χ1) is 9.88. The highest BCUT2D eigenvalue weighted by molar-refractivity contribution is 9.10. The van der Waals surface area contributed by atoms with E-state index in [2.05, 4.69) is 47.2 Å². The predicted octanol–water partition coefficient (Wildman–Crippen LogP) is 4.77. The quantitative estimate of drug-likeness (QED) is 0.766. The van der Waals surface area contributed by atoms with Crippen molar-refractivity contribution in [2.75, 3.05) is 0 Å². The molecule has 1 aliphatic rings. The molecule has 1 aliphatic carbocycles. The highest BCUT2D eigenvalue weighted by Gasteiger charge is 2.28. The van der Waals surface area contributed by atoms with Crippen LogP contribution in [0.3, 0.4) is 0 Å². The number of nitrogens with zero attached hydrogens (tertiary/aromatic N) is 1. The maximum Gasteiger partial charge on any atom is 0.272 e. The van der Waals surface area contributed by atoms with E-state index >= 15 is 0 Å². The minimum atomic E-state index is -0.159. The third kappa shape index (κ3) is 4.40. The maximum atomic E-state index is 12.1. The van der Waals surface area contributed by atoms with Gasteiger partial charge in [-0.15, -0.1) is 0 Å². The van der Waals surface area contributed by atoms with Crippen molar-refractivity contribution in [3.8, 4) is 0 Å². The summed E-state index contributed by atoms with van der Waals surface area (Å²) in [6, 6.07) is 7.38. The zero-order valence-electron chi connectivity index (χ0n) is 12.9. The minimum Gasteiger partial charge on any atom is -0.267 e. The fourth-order valence-electron chi connectivity index (χ4n) is 2.76. The molecule has 0 aliphatic heterocycles. The van der Waals surface area contributed by atoms with Gasteiger partial charge in [0.15, 0.2) is 0 Å². The molecule has 0 atom stereocenters. The molecule has 4 heteroatoms. The molecular formula is C17H23BrN2O. The zero-order valence-corrected chi connectivity index (χ0v) is 14.5. The Labute approximate surface area is 135 Å². The van der Waals surface area contributed by atoms with Gasteiger partial charge in [-0.1, -0.05) is 32.9 Å². The standard InChI is InChI=1S/C17H23BrN2O/c1-17(2,3)12-8-10-13(11-9-12)19-20-16(21)14-6-4-5-7-15(14)18/h4-7,12H,8-11H2,1-3H3,(H,20,21). The van der Waals surface area contributed by atoms with Crippen LogP contribution in [-0.2, 0) is 0 Å². The summed E-state index contributed by atoms with van der Waals surface area (Å²) >= 11 is 3.38. The van der Waals surface area contributed by atoms with E-state index in [1.54, 1.807) is 6.07 Å². The monoisotopic (exact) mass is 350 g/mol. The van der Waals surface area contributed by atoms with Crippen LogP contribution in [0.25, 0.3) is 0 Å². The molecule has 0 heterocycles. The summed E-state index contributed by atoms with van der Waals surface area (Å²) in [4.78, 5) is 12.1. The van der Waals surface area contributed by atoms with Crippen molar-refractivity contribution < 1.29 is 4.79 Å². The van der Waals surface area contributed by atoms with Crippen molar-refractivity contribution in [2.45, 2.75) is 46.5 Å². The number of carbonyl (C=O) groups excluding carboxylic acids is 1. The summed E-state index contributed by atoms with van der Waals surface area (Å²) in [6.45, 7) is 6.90. The number of hydrogen-bond acceptors (Lipinski definition) is 2. The summed E-state index contributed by atoms with van der Waals surface area (Å²) in [7, 11) is 0. The second-order valence-electron chi connectivity index (χ2n) is 6.74. The van der Waals surface area contributed by atoms with Crippen LogP contribution in [0.5, 0.6) is 0 Å². The third-order valence-electron chi connectivity index (χ3n) is 4.22. The van der Waals surface area contributed by atoms with Crippen LogP contribution in [0, 0.1) is 11.3 Å². The van der Waals surface area contributed by atoms with Crippen molar-refractivity contribution in [1.29, 1.82) is 0 Å². The van der Waals surface area contributed by atoms with Gasteiger partial charge in [-0.2, -0.15) is 5.10 Å². The summed E-state index contributed by atoms with van der Waals surface area (Å²) < 4.78 is 0.791. The Morgan fingerprint density at radius 1 is 1.24 bits per heavy atom. The van der Waals surface area contributed by atoms with Gasteiger partial charge in [0, 0.05) is 10.2 Å². The number of amides is 1. The summed E-state index contributed by atoms with van der Waals surface area (Å²) in [5, 5.41) is 4.31. The number of halogens is 1. The Bertz CT molecular complexity index is 536. The molecule has 0 unspecified atom stereocenters. The van der Waals surface area contributed by atoms with Gasteiger partial charge in [-0.25, -0.2) is 5.43 Å². The van der Waals surface area contributed by atoms with Crippen LogP contribution in [0.4, 0.5) is 0 Å². The van der Waals surface area contributed by atoms with E-state index < -0.39 is 0 Å². The molecule has 0 aromatic heterocycles. The lowest BCUT2D eigenvalue weighted by Crippen LogP contribution is -2.27. The first-order valence-corrected chi connectivity index (χ1v) is 8.27. The Kier molecular flexibility index (Phi) is 5.20. The van der Waals surface area contributed by atoms with E-state index in [9.17, 15) is 4.79 Å². The Hall–Kier alpha value is -1.16. The lowest BCUT2D eigenvalue weighted by Gasteiger charge is -2.34. The molecule has 1 saturated carbocycles. The van der Waals surface area contributed by atoms with Crippen LogP contribution in [-0.4, -0.2) is 11.6 Å². The number of rotatable bonds is 2. The van der Waals surface area contributed by atoms with Gasteiger partial charge >= 0.3 is 0 Å². The fraction of sp³-hybridized carbons (Fsp3) is 0.529.